The number of nitrogens with one attached hydrogen (secondary N) is 1. The van der Waals surface area contributed by atoms with Gasteiger partial charge in [0, 0.05) is 17.9 Å². The lowest BCUT2D eigenvalue weighted by molar-refractivity contribution is -0.120. The van der Waals surface area contributed by atoms with Crippen LogP contribution in [0.15, 0.2) is 18.2 Å². The van der Waals surface area contributed by atoms with Gasteiger partial charge in [-0.1, -0.05) is 11.8 Å². The number of anilines is 1. The van der Waals surface area contributed by atoms with Crippen LogP contribution in [0.3, 0.4) is 0 Å². The van der Waals surface area contributed by atoms with Gasteiger partial charge < -0.3 is 15.2 Å². The van der Waals surface area contributed by atoms with E-state index in [0.717, 1.165) is 11.1 Å². The first-order valence-corrected chi connectivity index (χ1v) is 5.74. The Morgan fingerprint density at radius 2 is 2.22 bits per heavy atom. The van der Waals surface area contributed by atoms with Crippen molar-refractivity contribution in [3.63, 3.8) is 0 Å². The molecular formula is C14H17NO3. The monoisotopic (exact) mass is 247 g/mol. The molecule has 0 saturated carbocycles. The summed E-state index contributed by atoms with van der Waals surface area (Å²) in [5.41, 5.74) is 2.43. The molecule has 0 spiro atoms. The van der Waals surface area contributed by atoms with Crippen molar-refractivity contribution in [3.05, 3.63) is 29.3 Å². The second-order valence-corrected chi connectivity index (χ2v) is 3.73. The van der Waals surface area contributed by atoms with Gasteiger partial charge in [0.25, 0.3) is 0 Å². The first kappa shape index (κ1) is 14.2. The predicted molar refractivity (Wildman–Crippen MR) is 70.3 cm³/mol. The molecule has 0 aliphatic rings. The summed E-state index contributed by atoms with van der Waals surface area (Å²) >= 11 is 0. The quantitative estimate of drug-likeness (QED) is 0.789. The highest BCUT2D eigenvalue weighted by Crippen LogP contribution is 2.13. The van der Waals surface area contributed by atoms with Gasteiger partial charge in [0.1, 0.15) is 13.2 Å². The van der Waals surface area contributed by atoms with Crippen LogP contribution < -0.4 is 5.32 Å². The maximum absolute atomic E-state index is 11.5. The molecule has 1 aromatic carbocycles. The number of carbonyl (C=O) groups excluding carboxylic acids is 1. The van der Waals surface area contributed by atoms with Crippen LogP contribution in [0.2, 0.25) is 0 Å². The molecule has 4 heteroatoms. The normalized spacial score (nSPS) is 9.50. The van der Waals surface area contributed by atoms with E-state index in [1.807, 2.05) is 26.0 Å². The lowest BCUT2D eigenvalue weighted by Crippen LogP contribution is -2.18. The summed E-state index contributed by atoms with van der Waals surface area (Å²) in [6, 6.07) is 5.51. The Hall–Kier alpha value is -1.83. The molecule has 0 bridgehead atoms. The van der Waals surface area contributed by atoms with E-state index in [1.54, 1.807) is 6.07 Å². The zero-order valence-corrected chi connectivity index (χ0v) is 10.6. The van der Waals surface area contributed by atoms with Crippen LogP contribution in [0.4, 0.5) is 5.69 Å². The van der Waals surface area contributed by atoms with Crippen molar-refractivity contribution >= 4 is 11.6 Å². The molecule has 2 N–H and O–H groups in total. The molecule has 4 nitrogen and oxygen atoms in total. The van der Waals surface area contributed by atoms with E-state index in [-0.39, 0.29) is 19.1 Å². The maximum atomic E-state index is 11.5. The topological polar surface area (TPSA) is 58.6 Å². The first-order chi connectivity index (χ1) is 8.65. The van der Waals surface area contributed by atoms with Crippen LogP contribution in [-0.4, -0.2) is 30.8 Å². The standard InChI is InChI=1S/C14H17NO3/c1-3-18-10-14(17)15-13-8-11(2)7-12(9-13)5-4-6-16/h7-9,16H,3,6,10H2,1-2H3,(H,15,17). The molecule has 0 aliphatic carbocycles. The van der Waals surface area contributed by atoms with Gasteiger partial charge in [0.15, 0.2) is 0 Å². The van der Waals surface area contributed by atoms with E-state index in [2.05, 4.69) is 17.2 Å². The number of amides is 1. The fourth-order valence-electron chi connectivity index (χ4n) is 1.46. The molecule has 96 valence electrons. The summed E-state index contributed by atoms with van der Waals surface area (Å²) in [6.07, 6.45) is 0. The number of rotatable bonds is 4. The molecule has 0 heterocycles. The summed E-state index contributed by atoms with van der Waals surface area (Å²) in [7, 11) is 0. The molecule has 1 amide bonds. The number of aliphatic hydroxyl groups is 1. The molecule has 0 aliphatic heterocycles. The van der Waals surface area contributed by atoms with Crippen LogP contribution in [0.25, 0.3) is 0 Å². The van der Waals surface area contributed by atoms with E-state index in [1.165, 1.54) is 0 Å². The number of hydrogen-bond donors (Lipinski definition) is 2. The molecule has 0 fully saturated rings. The van der Waals surface area contributed by atoms with Crippen molar-refractivity contribution < 1.29 is 14.6 Å². The van der Waals surface area contributed by atoms with Gasteiger partial charge in [0.05, 0.1) is 0 Å². The van der Waals surface area contributed by atoms with Gasteiger partial charge in [-0.15, -0.1) is 0 Å². The summed E-state index contributed by atoms with van der Waals surface area (Å²) in [4.78, 5) is 11.5. The lowest BCUT2D eigenvalue weighted by atomic mass is 10.1. The Bertz CT molecular complexity index is 472. The number of aryl methyl sites for hydroxylation is 1. The molecule has 1 aromatic rings. The molecule has 0 radical (unpaired) electrons. The Kier molecular flexibility index (Phi) is 5.92. The number of ether oxygens (including phenoxy) is 1. The first-order valence-electron chi connectivity index (χ1n) is 5.74. The summed E-state index contributed by atoms with van der Waals surface area (Å²) in [5, 5.41) is 11.4. The highest BCUT2D eigenvalue weighted by molar-refractivity contribution is 5.92. The van der Waals surface area contributed by atoms with E-state index < -0.39 is 0 Å². The third kappa shape index (κ3) is 5.00. The fraction of sp³-hybridized carbons (Fsp3) is 0.357. The highest BCUT2D eigenvalue weighted by Gasteiger charge is 2.03. The molecule has 0 aromatic heterocycles. The van der Waals surface area contributed by atoms with E-state index in [9.17, 15) is 4.79 Å². The second-order valence-electron chi connectivity index (χ2n) is 3.73. The van der Waals surface area contributed by atoms with Crippen molar-refractivity contribution in [2.75, 3.05) is 25.1 Å². The zero-order valence-electron chi connectivity index (χ0n) is 10.6. The van der Waals surface area contributed by atoms with Gasteiger partial charge in [-0.05, 0) is 37.6 Å². The van der Waals surface area contributed by atoms with Crippen molar-refractivity contribution in [1.82, 2.24) is 0 Å². The Morgan fingerprint density at radius 1 is 1.44 bits per heavy atom. The summed E-state index contributed by atoms with van der Waals surface area (Å²) in [6.45, 7) is 4.13. The van der Waals surface area contributed by atoms with Crippen LogP contribution in [-0.2, 0) is 9.53 Å². The minimum absolute atomic E-state index is 0.0437. The van der Waals surface area contributed by atoms with Crippen molar-refractivity contribution in [2.45, 2.75) is 13.8 Å². The van der Waals surface area contributed by atoms with Crippen LogP contribution in [0.5, 0.6) is 0 Å². The number of hydrogen-bond acceptors (Lipinski definition) is 3. The van der Waals surface area contributed by atoms with E-state index >= 15 is 0 Å². The van der Waals surface area contributed by atoms with Gasteiger partial charge in [-0.2, -0.15) is 0 Å². The SMILES string of the molecule is CCOCC(=O)Nc1cc(C)cc(C#CCO)c1. The van der Waals surface area contributed by atoms with Gasteiger partial charge in [-0.25, -0.2) is 0 Å². The van der Waals surface area contributed by atoms with Gasteiger partial charge in [0.2, 0.25) is 5.91 Å². The Labute approximate surface area is 107 Å². The Balaban J connectivity index is 2.76. The minimum Gasteiger partial charge on any atom is -0.384 e. The van der Waals surface area contributed by atoms with E-state index in [4.69, 9.17) is 9.84 Å². The number of aliphatic hydroxyl groups excluding tert-OH is 1. The summed E-state index contributed by atoms with van der Waals surface area (Å²) < 4.78 is 5.02. The molecule has 0 saturated heterocycles. The average molecular weight is 247 g/mol. The fourth-order valence-corrected chi connectivity index (χ4v) is 1.46. The largest absolute Gasteiger partial charge is 0.384 e. The smallest absolute Gasteiger partial charge is 0.250 e. The van der Waals surface area contributed by atoms with Crippen molar-refractivity contribution in [2.24, 2.45) is 0 Å². The molecule has 0 atom stereocenters. The Morgan fingerprint density at radius 3 is 2.89 bits per heavy atom. The molecule has 0 unspecified atom stereocenters. The third-order valence-electron chi connectivity index (χ3n) is 2.11. The third-order valence-corrected chi connectivity index (χ3v) is 2.11. The van der Waals surface area contributed by atoms with Crippen molar-refractivity contribution in [3.8, 4) is 11.8 Å². The van der Waals surface area contributed by atoms with Gasteiger partial charge in [-0.3, -0.25) is 4.79 Å². The lowest BCUT2D eigenvalue weighted by Gasteiger charge is -2.07. The number of benzene rings is 1. The molecule has 18 heavy (non-hydrogen) atoms. The second kappa shape index (κ2) is 7.49. The number of carbonyl (C=O) groups is 1. The van der Waals surface area contributed by atoms with E-state index in [0.29, 0.717) is 12.3 Å². The van der Waals surface area contributed by atoms with Crippen molar-refractivity contribution in [1.29, 1.82) is 0 Å². The van der Waals surface area contributed by atoms with Crippen LogP contribution >= 0.6 is 0 Å². The predicted octanol–water partition coefficient (Wildman–Crippen LogP) is 1.31. The molecule has 1 rings (SSSR count). The van der Waals surface area contributed by atoms with Crippen LogP contribution in [0.1, 0.15) is 18.1 Å². The minimum atomic E-state index is -0.191. The summed E-state index contributed by atoms with van der Waals surface area (Å²) in [5.74, 6) is 5.19. The highest BCUT2D eigenvalue weighted by atomic mass is 16.5. The van der Waals surface area contributed by atoms with Crippen LogP contribution in [0, 0.1) is 18.8 Å². The molecular weight excluding hydrogens is 230 g/mol. The van der Waals surface area contributed by atoms with Gasteiger partial charge >= 0.3 is 0 Å². The zero-order chi connectivity index (χ0) is 13.4. The maximum Gasteiger partial charge on any atom is 0.250 e. The average Bonchev–Trinajstić information content (AvgIpc) is 2.33.